The number of piperidine rings is 1. The lowest BCUT2D eigenvalue weighted by Gasteiger charge is -2.27. The minimum atomic E-state index is -3.30. The average molecular weight is 236 g/mol. The molecule has 5 nitrogen and oxygen atoms in total. The molecular formula is C9H20N2O3S. The summed E-state index contributed by atoms with van der Waals surface area (Å²) >= 11 is 0. The first-order valence-electron chi connectivity index (χ1n) is 5.32. The zero-order valence-electron chi connectivity index (χ0n) is 9.40. The van der Waals surface area contributed by atoms with Crippen LogP contribution in [0.15, 0.2) is 0 Å². The van der Waals surface area contributed by atoms with E-state index in [2.05, 4.69) is 4.72 Å². The molecule has 0 amide bonds. The van der Waals surface area contributed by atoms with Crippen molar-refractivity contribution in [2.24, 2.45) is 0 Å². The van der Waals surface area contributed by atoms with Crippen LogP contribution in [0.25, 0.3) is 0 Å². The number of nitrogens with one attached hydrogen (secondary N) is 1. The topological polar surface area (TPSA) is 58.6 Å². The summed E-state index contributed by atoms with van der Waals surface area (Å²) in [5, 5.41) is 0. The third kappa shape index (κ3) is 4.06. The van der Waals surface area contributed by atoms with Crippen LogP contribution in [0.3, 0.4) is 0 Å². The van der Waals surface area contributed by atoms with Gasteiger partial charge in [-0.2, -0.15) is 17.4 Å². The molecule has 0 aromatic heterocycles. The zero-order valence-corrected chi connectivity index (χ0v) is 10.2. The molecule has 1 heterocycles. The third-order valence-corrected chi connectivity index (χ3v) is 4.17. The van der Waals surface area contributed by atoms with Gasteiger partial charge in [0.05, 0.1) is 6.61 Å². The zero-order chi connectivity index (χ0) is 11.3. The lowest BCUT2D eigenvalue weighted by atomic mass is 10.2. The van der Waals surface area contributed by atoms with Gasteiger partial charge >= 0.3 is 0 Å². The molecule has 1 aliphatic heterocycles. The maximum Gasteiger partial charge on any atom is 0.279 e. The second kappa shape index (κ2) is 5.79. The van der Waals surface area contributed by atoms with Crippen molar-refractivity contribution in [3.8, 4) is 0 Å². The van der Waals surface area contributed by atoms with Crippen molar-refractivity contribution in [2.45, 2.75) is 32.2 Å². The maximum atomic E-state index is 11.8. The first-order valence-corrected chi connectivity index (χ1v) is 6.76. The predicted molar refractivity (Wildman–Crippen MR) is 58.8 cm³/mol. The van der Waals surface area contributed by atoms with Gasteiger partial charge in [-0.1, -0.05) is 6.42 Å². The van der Waals surface area contributed by atoms with Crippen molar-refractivity contribution in [3.05, 3.63) is 0 Å². The van der Waals surface area contributed by atoms with Crippen LogP contribution in [0.5, 0.6) is 0 Å². The van der Waals surface area contributed by atoms with Gasteiger partial charge in [0, 0.05) is 26.2 Å². The summed E-state index contributed by atoms with van der Waals surface area (Å²) < 4.78 is 32.7. The largest absolute Gasteiger partial charge is 0.383 e. The van der Waals surface area contributed by atoms with Gasteiger partial charge in [-0.3, -0.25) is 0 Å². The fourth-order valence-corrected chi connectivity index (χ4v) is 3.18. The van der Waals surface area contributed by atoms with E-state index in [1.54, 1.807) is 14.0 Å². The second-order valence-electron chi connectivity index (χ2n) is 3.94. The predicted octanol–water partition coefficient (Wildman–Crippen LogP) is 0.342. The molecule has 0 radical (unpaired) electrons. The minimum Gasteiger partial charge on any atom is -0.383 e. The van der Waals surface area contributed by atoms with Crippen LogP contribution in [-0.4, -0.2) is 45.6 Å². The van der Waals surface area contributed by atoms with Crippen LogP contribution in [0, 0.1) is 0 Å². The molecule has 0 bridgehead atoms. The lowest BCUT2D eigenvalue weighted by Crippen LogP contribution is -2.47. The van der Waals surface area contributed by atoms with Gasteiger partial charge < -0.3 is 4.74 Å². The quantitative estimate of drug-likeness (QED) is 0.749. The third-order valence-electron chi connectivity index (χ3n) is 2.42. The minimum absolute atomic E-state index is 0.179. The fraction of sp³-hybridized carbons (Fsp3) is 1.00. The highest BCUT2D eigenvalue weighted by Gasteiger charge is 2.24. The van der Waals surface area contributed by atoms with Gasteiger partial charge in [-0.05, 0) is 19.8 Å². The number of ether oxygens (including phenoxy) is 1. The highest BCUT2D eigenvalue weighted by Crippen LogP contribution is 2.12. The van der Waals surface area contributed by atoms with Crippen LogP contribution < -0.4 is 4.72 Å². The van der Waals surface area contributed by atoms with E-state index in [9.17, 15) is 8.42 Å². The van der Waals surface area contributed by atoms with Crippen LogP contribution in [0.2, 0.25) is 0 Å². The second-order valence-corrected chi connectivity index (χ2v) is 5.64. The molecule has 1 atom stereocenters. The Labute approximate surface area is 92.0 Å². The molecule has 15 heavy (non-hydrogen) atoms. The summed E-state index contributed by atoms with van der Waals surface area (Å²) in [7, 11) is -1.74. The summed E-state index contributed by atoms with van der Waals surface area (Å²) in [6.07, 6.45) is 3.04. The molecule has 0 aromatic rings. The average Bonchev–Trinajstić information content (AvgIpc) is 2.18. The van der Waals surface area contributed by atoms with Crippen LogP contribution in [0.1, 0.15) is 26.2 Å². The molecule has 1 unspecified atom stereocenters. The molecule has 1 aliphatic rings. The lowest BCUT2D eigenvalue weighted by molar-refractivity contribution is 0.179. The Balaban J connectivity index is 2.49. The van der Waals surface area contributed by atoms with Gasteiger partial charge in [0.25, 0.3) is 10.2 Å². The van der Waals surface area contributed by atoms with Crippen molar-refractivity contribution in [1.29, 1.82) is 0 Å². The van der Waals surface area contributed by atoms with Crippen molar-refractivity contribution >= 4 is 10.2 Å². The molecule has 0 aliphatic carbocycles. The molecule has 1 saturated heterocycles. The number of rotatable bonds is 5. The Morgan fingerprint density at radius 3 is 2.47 bits per heavy atom. The van der Waals surface area contributed by atoms with Crippen molar-refractivity contribution in [1.82, 2.24) is 9.03 Å². The normalized spacial score (nSPS) is 21.5. The van der Waals surface area contributed by atoms with Crippen LogP contribution in [-0.2, 0) is 14.9 Å². The van der Waals surface area contributed by atoms with E-state index in [0.29, 0.717) is 19.7 Å². The highest BCUT2D eigenvalue weighted by molar-refractivity contribution is 7.87. The van der Waals surface area contributed by atoms with Crippen LogP contribution >= 0.6 is 0 Å². The number of nitrogens with zero attached hydrogens (tertiary/aromatic N) is 1. The van der Waals surface area contributed by atoms with E-state index in [0.717, 1.165) is 19.3 Å². The summed E-state index contributed by atoms with van der Waals surface area (Å²) in [6.45, 7) is 3.46. The Kier molecular flexibility index (Phi) is 4.98. The van der Waals surface area contributed by atoms with Crippen LogP contribution in [0.4, 0.5) is 0 Å². The van der Waals surface area contributed by atoms with E-state index in [1.807, 2.05) is 0 Å². The van der Waals surface area contributed by atoms with Crippen molar-refractivity contribution < 1.29 is 13.2 Å². The Morgan fingerprint density at radius 1 is 1.33 bits per heavy atom. The molecular weight excluding hydrogens is 216 g/mol. The summed E-state index contributed by atoms with van der Waals surface area (Å²) in [5.74, 6) is 0. The van der Waals surface area contributed by atoms with E-state index in [4.69, 9.17) is 4.74 Å². The molecule has 6 heteroatoms. The SMILES string of the molecule is COCC(C)NS(=O)(=O)N1CCCCC1. The molecule has 0 aromatic carbocycles. The molecule has 0 saturated carbocycles. The molecule has 1 N–H and O–H groups in total. The van der Waals surface area contributed by atoms with Gasteiger partial charge in [0.2, 0.25) is 0 Å². The Morgan fingerprint density at radius 2 is 1.93 bits per heavy atom. The van der Waals surface area contributed by atoms with Gasteiger partial charge in [-0.15, -0.1) is 0 Å². The number of hydrogen-bond donors (Lipinski definition) is 1. The first-order chi connectivity index (χ1) is 7.06. The smallest absolute Gasteiger partial charge is 0.279 e. The summed E-state index contributed by atoms with van der Waals surface area (Å²) in [4.78, 5) is 0. The maximum absolute atomic E-state index is 11.8. The molecule has 1 rings (SSSR count). The standard InChI is InChI=1S/C9H20N2O3S/c1-9(8-14-2)10-15(12,13)11-6-4-3-5-7-11/h9-10H,3-8H2,1-2H3. The van der Waals surface area contributed by atoms with E-state index < -0.39 is 10.2 Å². The fourth-order valence-electron chi connectivity index (χ4n) is 1.72. The van der Waals surface area contributed by atoms with Gasteiger partial charge in [0.15, 0.2) is 0 Å². The van der Waals surface area contributed by atoms with E-state index in [1.165, 1.54) is 4.31 Å². The van der Waals surface area contributed by atoms with E-state index >= 15 is 0 Å². The number of methoxy groups -OCH3 is 1. The van der Waals surface area contributed by atoms with E-state index in [-0.39, 0.29) is 6.04 Å². The van der Waals surface area contributed by atoms with Crippen molar-refractivity contribution in [3.63, 3.8) is 0 Å². The summed E-state index contributed by atoms with van der Waals surface area (Å²) in [5.41, 5.74) is 0. The summed E-state index contributed by atoms with van der Waals surface area (Å²) in [6, 6.07) is -0.179. The first kappa shape index (κ1) is 12.9. The molecule has 1 fully saturated rings. The monoisotopic (exact) mass is 236 g/mol. The Bertz CT molecular complexity index is 273. The Hall–Kier alpha value is -0.170. The highest BCUT2D eigenvalue weighted by atomic mass is 32.2. The van der Waals surface area contributed by atoms with Crippen molar-refractivity contribution in [2.75, 3.05) is 26.8 Å². The molecule has 90 valence electrons. The molecule has 0 spiro atoms. The van der Waals surface area contributed by atoms with Gasteiger partial charge in [-0.25, -0.2) is 0 Å². The van der Waals surface area contributed by atoms with Gasteiger partial charge in [0.1, 0.15) is 0 Å². The number of hydrogen-bond acceptors (Lipinski definition) is 3.